The first kappa shape index (κ1) is 14.3. The molecule has 2 aromatic carbocycles. The lowest BCUT2D eigenvalue weighted by Crippen LogP contribution is -1.98. The normalized spacial score (nSPS) is 10.5. The van der Waals surface area contributed by atoms with E-state index in [2.05, 4.69) is 10.2 Å². The third kappa shape index (κ3) is 2.60. The molecule has 6 heteroatoms. The Balaban J connectivity index is 2.20. The number of nitrogens with one attached hydrogen (secondary N) is 1. The maximum Gasteiger partial charge on any atom is 0.200 e. The van der Waals surface area contributed by atoms with Crippen molar-refractivity contribution in [2.24, 2.45) is 0 Å². The zero-order valence-electron chi connectivity index (χ0n) is 12.2. The van der Waals surface area contributed by atoms with Crippen LogP contribution in [0.15, 0.2) is 48.5 Å². The number of aromatic nitrogens is 3. The summed E-state index contributed by atoms with van der Waals surface area (Å²) in [6.07, 6.45) is 0. The largest absolute Gasteiger partial charge is 0.497 e. The van der Waals surface area contributed by atoms with Gasteiger partial charge in [-0.05, 0) is 36.5 Å². The molecule has 0 radical (unpaired) electrons. The van der Waals surface area contributed by atoms with Crippen molar-refractivity contribution in [3.63, 3.8) is 0 Å². The lowest BCUT2D eigenvalue weighted by Gasteiger charge is -2.10. The van der Waals surface area contributed by atoms with Gasteiger partial charge in [0.05, 0.1) is 14.2 Å². The van der Waals surface area contributed by atoms with Gasteiger partial charge in [0.1, 0.15) is 11.5 Å². The van der Waals surface area contributed by atoms with Crippen LogP contribution in [0, 0.1) is 4.77 Å². The first-order valence-corrected chi connectivity index (χ1v) is 7.10. The molecule has 0 saturated heterocycles. The van der Waals surface area contributed by atoms with Crippen molar-refractivity contribution in [2.75, 3.05) is 14.2 Å². The van der Waals surface area contributed by atoms with Gasteiger partial charge in [0.15, 0.2) is 10.6 Å². The Kier molecular flexibility index (Phi) is 3.93. The number of para-hydroxylation sites is 1. The molecule has 0 saturated carbocycles. The summed E-state index contributed by atoms with van der Waals surface area (Å²) < 4.78 is 13.0. The first-order chi connectivity index (χ1) is 10.7. The molecule has 0 unspecified atom stereocenters. The summed E-state index contributed by atoms with van der Waals surface area (Å²) in [6, 6.07) is 15.4. The Bertz CT molecular complexity index is 818. The zero-order chi connectivity index (χ0) is 15.5. The van der Waals surface area contributed by atoms with Crippen LogP contribution in [-0.4, -0.2) is 29.0 Å². The average Bonchev–Trinajstić information content (AvgIpc) is 2.96. The molecule has 0 atom stereocenters. The van der Waals surface area contributed by atoms with Gasteiger partial charge in [-0.15, -0.1) is 0 Å². The van der Waals surface area contributed by atoms with E-state index in [0.29, 0.717) is 22.1 Å². The maximum atomic E-state index is 5.36. The SMILES string of the molecule is COc1cc(OC)cc(-c2n[nH]c(=S)n2-c2ccccc2)c1. The molecule has 1 aromatic heterocycles. The van der Waals surface area contributed by atoms with Gasteiger partial charge in [0, 0.05) is 17.3 Å². The van der Waals surface area contributed by atoms with Crippen molar-refractivity contribution in [1.29, 1.82) is 0 Å². The van der Waals surface area contributed by atoms with E-state index in [1.165, 1.54) is 0 Å². The molecule has 0 aliphatic heterocycles. The second-order valence-corrected chi connectivity index (χ2v) is 5.01. The molecule has 112 valence electrons. The Morgan fingerprint density at radius 2 is 1.64 bits per heavy atom. The van der Waals surface area contributed by atoms with Crippen LogP contribution >= 0.6 is 12.2 Å². The minimum Gasteiger partial charge on any atom is -0.497 e. The smallest absolute Gasteiger partial charge is 0.200 e. The first-order valence-electron chi connectivity index (χ1n) is 6.69. The van der Waals surface area contributed by atoms with Crippen LogP contribution < -0.4 is 9.47 Å². The number of ether oxygens (including phenoxy) is 2. The Labute approximate surface area is 133 Å². The number of nitrogens with zero attached hydrogens (tertiary/aromatic N) is 2. The second-order valence-electron chi connectivity index (χ2n) is 4.62. The molecule has 3 aromatic rings. The van der Waals surface area contributed by atoms with Crippen LogP contribution in [-0.2, 0) is 0 Å². The third-order valence-corrected chi connectivity index (χ3v) is 3.57. The van der Waals surface area contributed by atoms with Crippen LogP contribution in [0.3, 0.4) is 0 Å². The van der Waals surface area contributed by atoms with Gasteiger partial charge in [0.25, 0.3) is 0 Å². The maximum absolute atomic E-state index is 5.36. The van der Waals surface area contributed by atoms with E-state index in [4.69, 9.17) is 21.7 Å². The minimum atomic E-state index is 0.531. The Hall–Kier alpha value is -2.60. The summed E-state index contributed by atoms with van der Waals surface area (Å²) >= 11 is 5.36. The van der Waals surface area contributed by atoms with E-state index in [-0.39, 0.29) is 0 Å². The molecule has 0 fully saturated rings. The zero-order valence-corrected chi connectivity index (χ0v) is 13.1. The molecule has 1 heterocycles. The highest BCUT2D eigenvalue weighted by molar-refractivity contribution is 7.71. The lowest BCUT2D eigenvalue weighted by atomic mass is 10.2. The van der Waals surface area contributed by atoms with Crippen LogP contribution in [0.1, 0.15) is 0 Å². The van der Waals surface area contributed by atoms with E-state index in [0.717, 1.165) is 11.3 Å². The molecule has 0 amide bonds. The molecule has 3 rings (SSSR count). The summed E-state index contributed by atoms with van der Waals surface area (Å²) in [5, 5.41) is 7.19. The van der Waals surface area contributed by atoms with Crippen LogP contribution in [0.4, 0.5) is 0 Å². The molecule has 5 nitrogen and oxygen atoms in total. The summed E-state index contributed by atoms with van der Waals surface area (Å²) in [5.41, 5.74) is 1.80. The quantitative estimate of drug-likeness (QED) is 0.748. The van der Waals surface area contributed by atoms with Crippen molar-refractivity contribution in [3.8, 4) is 28.6 Å². The predicted octanol–water partition coefficient (Wildman–Crippen LogP) is 3.61. The molecule has 1 N–H and O–H groups in total. The fraction of sp³-hybridized carbons (Fsp3) is 0.125. The predicted molar refractivity (Wildman–Crippen MR) is 87.3 cm³/mol. The standard InChI is InChI=1S/C16H15N3O2S/c1-20-13-8-11(9-14(10-13)21-2)15-17-18-16(22)19(15)12-6-4-3-5-7-12/h3-10H,1-2H3,(H,18,22). The summed E-state index contributed by atoms with van der Waals surface area (Å²) in [5.74, 6) is 2.10. The highest BCUT2D eigenvalue weighted by atomic mass is 32.1. The van der Waals surface area contributed by atoms with Gasteiger partial charge in [-0.1, -0.05) is 18.2 Å². The number of aromatic amines is 1. The number of methoxy groups -OCH3 is 2. The lowest BCUT2D eigenvalue weighted by molar-refractivity contribution is 0.394. The number of benzene rings is 2. The Morgan fingerprint density at radius 3 is 2.23 bits per heavy atom. The topological polar surface area (TPSA) is 52.1 Å². The van der Waals surface area contributed by atoms with E-state index in [1.54, 1.807) is 14.2 Å². The van der Waals surface area contributed by atoms with Gasteiger partial charge >= 0.3 is 0 Å². The van der Waals surface area contributed by atoms with Gasteiger partial charge in [-0.25, -0.2) is 0 Å². The summed E-state index contributed by atoms with van der Waals surface area (Å²) in [7, 11) is 3.24. The second kappa shape index (κ2) is 6.03. The fourth-order valence-corrected chi connectivity index (χ4v) is 2.48. The molecule has 22 heavy (non-hydrogen) atoms. The molecular weight excluding hydrogens is 298 g/mol. The van der Waals surface area contributed by atoms with Gasteiger partial charge < -0.3 is 9.47 Å². The Morgan fingerprint density at radius 1 is 1.00 bits per heavy atom. The van der Waals surface area contributed by atoms with Crippen LogP contribution in [0.5, 0.6) is 11.5 Å². The van der Waals surface area contributed by atoms with Crippen LogP contribution in [0.2, 0.25) is 0 Å². The van der Waals surface area contributed by atoms with Crippen molar-refractivity contribution >= 4 is 12.2 Å². The van der Waals surface area contributed by atoms with Crippen molar-refractivity contribution in [1.82, 2.24) is 14.8 Å². The minimum absolute atomic E-state index is 0.531. The molecule has 0 spiro atoms. The molecule has 0 aliphatic carbocycles. The molecule has 0 bridgehead atoms. The van der Waals surface area contributed by atoms with Gasteiger partial charge in [-0.3, -0.25) is 9.67 Å². The average molecular weight is 313 g/mol. The van der Waals surface area contributed by atoms with E-state index >= 15 is 0 Å². The van der Waals surface area contributed by atoms with E-state index in [9.17, 15) is 0 Å². The van der Waals surface area contributed by atoms with Crippen molar-refractivity contribution in [2.45, 2.75) is 0 Å². The summed E-state index contributed by atoms with van der Waals surface area (Å²) in [6.45, 7) is 0. The summed E-state index contributed by atoms with van der Waals surface area (Å²) in [4.78, 5) is 0. The van der Waals surface area contributed by atoms with Crippen molar-refractivity contribution < 1.29 is 9.47 Å². The molecular formula is C16H15N3O2S. The number of hydrogen-bond donors (Lipinski definition) is 1. The highest BCUT2D eigenvalue weighted by Crippen LogP contribution is 2.30. The van der Waals surface area contributed by atoms with Gasteiger partial charge in [0.2, 0.25) is 0 Å². The van der Waals surface area contributed by atoms with Gasteiger partial charge in [-0.2, -0.15) is 5.10 Å². The number of hydrogen-bond acceptors (Lipinski definition) is 4. The monoisotopic (exact) mass is 313 g/mol. The highest BCUT2D eigenvalue weighted by Gasteiger charge is 2.13. The van der Waals surface area contributed by atoms with E-state index in [1.807, 2.05) is 53.1 Å². The fourth-order valence-electron chi connectivity index (χ4n) is 2.24. The number of H-pyrrole nitrogens is 1. The van der Waals surface area contributed by atoms with Crippen LogP contribution in [0.25, 0.3) is 17.1 Å². The molecule has 0 aliphatic rings. The van der Waals surface area contributed by atoms with Crippen molar-refractivity contribution in [3.05, 3.63) is 53.3 Å². The van der Waals surface area contributed by atoms with E-state index < -0.39 is 0 Å². The third-order valence-electron chi connectivity index (χ3n) is 3.30. The number of rotatable bonds is 4.